The SMILES string of the molecule is CCCOc1ccc(C(O)=C2C(=O)C(=O)N(c3nnc(SCc4ccccc4)s3)C2c2cccc(OCc3ccccc3)c2)cc1. The van der Waals surface area contributed by atoms with E-state index in [1.807, 2.05) is 73.7 Å². The van der Waals surface area contributed by atoms with Crippen molar-refractivity contribution in [2.45, 2.75) is 36.1 Å². The maximum atomic E-state index is 13.7. The number of ketones is 1. The first kappa shape index (κ1) is 31.1. The fraction of sp³-hybridized carbons (Fsp3) is 0.167. The minimum Gasteiger partial charge on any atom is -0.507 e. The van der Waals surface area contributed by atoms with Crippen molar-refractivity contribution in [2.24, 2.45) is 0 Å². The summed E-state index contributed by atoms with van der Waals surface area (Å²) < 4.78 is 12.4. The van der Waals surface area contributed by atoms with Crippen LogP contribution in [0.3, 0.4) is 0 Å². The first-order valence-electron chi connectivity index (χ1n) is 14.8. The average molecular weight is 650 g/mol. The van der Waals surface area contributed by atoms with Crippen molar-refractivity contribution in [3.63, 3.8) is 0 Å². The monoisotopic (exact) mass is 649 g/mol. The zero-order valence-electron chi connectivity index (χ0n) is 25.0. The standard InChI is InChI=1S/C36H31N3O5S2/c1-2-20-43-28-18-16-26(17-19-28)32(40)30-31(27-14-9-15-29(21-27)44-22-24-10-5-3-6-11-24)39(34(42)33(30)41)35-37-38-36(46-35)45-23-25-12-7-4-8-13-25/h3-19,21,31,40H,2,20,22-23H2,1H3. The van der Waals surface area contributed by atoms with Crippen molar-refractivity contribution >= 4 is 45.7 Å². The smallest absolute Gasteiger partial charge is 0.301 e. The Kier molecular flexibility index (Phi) is 9.76. The van der Waals surface area contributed by atoms with E-state index in [2.05, 4.69) is 10.2 Å². The molecule has 46 heavy (non-hydrogen) atoms. The van der Waals surface area contributed by atoms with Crippen LogP contribution in [-0.4, -0.2) is 33.6 Å². The quantitative estimate of drug-likeness (QED) is 0.0480. The number of nitrogens with zero attached hydrogens (tertiary/aromatic N) is 3. The zero-order valence-corrected chi connectivity index (χ0v) is 26.7. The molecule has 1 N–H and O–H groups in total. The third kappa shape index (κ3) is 6.98. The van der Waals surface area contributed by atoms with Crippen LogP contribution in [-0.2, 0) is 21.9 Å². The second kappa shape index (κ2) is 14.4. The first-order chi connectivity index (χ1) is 22.5. The molecule has 2 heterocycles. The van der Waals surface area contributed by atoms with E-state index < -0.39 is 17.7 Å². The summed E-state index contributed by atoms with van der Waals surface area (Å²) >= 11 is 2.72. The summed E-state index contributed by atoms with van der Waals surface area (Å²) in [6, 6.07) is 32.8. The van der Waals surface area contributed by atoms with Gasteiger partial charge >= 0.3 is 5.91 Å². The molecule has 1 saturated heterocycles. The second-order valence-electron chi connectivity index (χ2n) is 10.5. The van der Waals surface area contributed by atoms with Gasteiger partial charge < -0.3 is 14.6 Å². The Bertz CT molecular complexity index is 1840. The fourth-order valence-electron chi connectivity index (χ4n) is 5.02. The van der Waals surface area contributed by atoms with Crippen LogP contribution in [0, 0.1) is 0 Å². The number of thioether (sulfide) groups is 1. The number of Topliss-reactive ketones (excluding diaryl/α,β-unsaturated/α-hetero) is 1. The topological polar surface area (TPSA) is 102 Å². The predicted molar refractivity (Wildman–Crippen MR) is 180 cm³/mol. The molecule has 0 bridgehead atoms. The molecule has 8 nitrogen and oxygen atoms in total. The molecule has 0 spiro atoms. The van der Waals surface area contributed by atoms with Gasteiger partial charge in [0, 0.05) is 11.3 Å². The Morgan fingerprint density at radius 1 is 0.848 bits per heavy atom. The van der Waals surface area contributed by atoms with Crippen molar-refractivity contribution in [1.82, 2.24) is 10.2 Å². The lowest BCUT2D eigenvalue weighted by atomic mass is 9.95. The number of benzene rings is 4. The number of aromatic nitrogens is 2. The molecule has 4 aromatic carbocycles. The van der Waals surface area contributed by atoms with Crippen LogP contribution in [0.4, 0.5) is 5.13 Å². The van der Waals surface area contributed by atoms with E-state index in [1.165, 1.54) is 28.0 Å². The number of hydrogen-bond donors (Lipinski definition) is 1. The molecule has 232 valence electrons. The van der Waals surface area contributed by atoms with Gasteiger partial charge in [-0.15, -0.1) is 10.2 Å². The Hall–Kier alpha value is -4.93. The number of rotatable bonds is 12. The van der Waals surface area contributed by atoms with Crippen molar-refractivity contribution < 1.29 is 24.2 Å². The number of aliphatic hydroxyl groups excluding tert-OH is 1. The molecular weight excluding hydrogens is 619 g/mol. The molecule has 1 aliphatic heterocycles. The second-order valence-corrected chi connectivity index (χ2v) is 12.7. The van der Waals surface area contributed by atoms with Crippen LogP contribution in [0.1, 0.15) is 41.6 Å². The normalized spacial score (nSPS) is 15.7. The molecule has 5 aromatic rings. The average Bonchev–Trinajstić information content (AvgIpc) is 3.68. The van der Waals surface area contributed by atoms with E-state index in [-0.39, 0.29) is 16.5 Å². The molecule has 1 atom stereocenters. The highest BCUT2D eigenvalue weighted by Gasteiger charge is 2.48. The van der Waals surface area contributed by atoms with Gasteiger partial charge in [-0.1, -0.05) is 103 Å². The van der Waals surface area contributed by atoms with Crippen LogP contribution in [0.5, 0.6) is 11.5 Å². The van der Waals surface area contributed by atoms with Crippen LogP contribution >= 0.6 is 23.1 Å². The third-order valence-electron chi connectivity index (χ3n) is 7.27. The largest absolute Gasteiger partial charge is 0.507 e. The number of ether oxygens (including phenoxy) is 2. The lowest BCUT2D eigenvalue weighted by molar-refractivity contribution is -0.132. The molecular formula is C36H31N3O5S2. The Labute approximate surface area is 275 Å². The highest BCUT2D eigenvalue weighted by molar-refractivity contribution is 8.00. The number of hydrogen-bond acceptors (Lipinski definition) is 9. The molecule has 1 unspecified atom stereocenters. The molecule has 6 rings (SSSR count). The number of carbonyl (C=O) groups excluding carboxylic acids is 2. The highest BCUT2D eigenvalue weighted by atomic mass is 32.2. The third-order valence-corrected chi connectivity index (χ3v) is 9.40. The summed E-state index contributed by atoms with van der Waals surface area (Å²) in [4.78, 5) is 28.7. The first-order valence-corrected chi connectivity index (χ1v) is 16.6. The minimum atomic E-state index is -0.962. The van der Waals surface area contributed by atoms with Gasteiger partial charge in [0.15, 0.2) is 4.34 Å². The summed E-state index contributed by atoms with van der Waals surface area (Å²) in [5, 5.41) is 20.5. The van der Waals surface area contributed by atoms with Crippen LogP contribution in [0.15, 0.2) is 119 Å². The molecule has 0 saturated carbocycles. The predicted octanol–water partition coefficient (Wildman–Crippen LogP) is 7.82. The van der Waals surface area contributed by atoms with Crippen LogP contribution < -0.4 is 14.4 Å². The highest BCUT2D eigenvalue weighted by Crippen LogP contribution is 2.44. The van der Waals surface area contributed by atoms with Gasteiger partial charge in [-0.05, 0) is 59.5 Å². The molecule has 0 aliphatic carbocycles. The van der Waals surface area contributed by atoms with Crippen molar-refractivity contribution in [3.8, 4) is 11.5 Å². The zero-order chi connectivity index (χ0) is 31.9. The number of carbonyl (C=O) groups is 2. The molecule has 1 fully saturated rings. The molecule has 1 aromatic heterocycles. The van der Waals surface area contributed by atoms with E-state index in [9.17, 15) is 14.7 Å². The Morgan fingerprint density at radius 2 is 1.57 bits per heavy atom. The maximum Gasteiger partial charge on any atom is 0.301 e. The lowest BCUT2D eigenvalue weighted by Crippen LogP contribution is -2.29. The summed E-state index contributed by atoms with van der Waals surface area (Å²) in [5.74, 6) is -0.00404. The lowest BCUT2D eigenvalue weighted by Gasteiger charge is -2.23. The number of anilines is 1. The Morgan fingerprint density at radius 3 is 2.28 bits per heavy atom. The van der Waals surface area contributed by atoms with Gasteiger partial charge in [-0.2, -0.15) is 0 Å². The molecule has 1 amide bonds. The summed E-state index contributed by atoms with van der Waals surface area (Å²) in [6.07, 6.45) is 0.859. The maximum absolute atomic E-state index is 13.7. The fourth-order valence-corrected chi connectivity index (χ4v) is 6.85. The van der Waals surface area contributed by atoms with Gasteiger partial charge in [0.25, 0.3) is 5.78 Å². The molecule has 0 radical (unpaired) electrons. The number of amides is 1. The van der Waals surface area contributed by atoms with Gasteiger partial charge in [-0.3, -0.25) is 14.5 Å². The van der Waals surface area contributed by atoms with E-state index in [0.717, 1.165) is 17.5 Å². The summed E-state index contributed by atoms with van der Waals surface area (Å²) in [7, 11) is 0. The van der Waals surface area contributed by atoms with E-state index in [1.54, 1.807) is 42.5 Å². The molecule has 10 heteroatoms. The van der Waals surface area contributed by atoms with Gasteiger partial charge in [0.1, 0.15) is 23.9 Å². The van der Waals surface area contributed by atoms with Gasteiger partial charge in [-0.25, -0.2) is 0 Å². The minimum absolute atomic E-state index is 0.0406. The van der Waals surface area contributed by atoms with Gasteiger partial charge in [0.05, 0.1) is 18.2 Å². The van der Waals surface area contributed by atoms with E-state index in [4.69, 9.17) is 9.47 Å². The number of aliphatic hydroxyl groups is 1. The van der Waals surface area contributed by atoms with Gasteiger partial charge in [0.2, 0.25) is 5.13 Å². The van der Waals surface area contributed by atoms with E-state index >= 15 is 0 Å². The van der Waals surface area contributed by atoms with Crippen molar-refractivity contribution in [3.05, 3.63) is 137 Å². The summed E-state index contributed by atoms with van der Waals surface area (Å²) in [6.45, 7) is 2.92. The molecule has 1 aliphatic rings. The van der Waals surface area contributed by atoms with E-state index in [0.29, 0.717) is 45.9 Å². The van der Waals surface area contributed by atoms with Crippen molar-refractivity contribution in [1.29, 1.82) is 0 Å². The van der Waals surface area contributed by atoms with Crippen LogP contribution in [0.2, 0.25) is 0 Å². The van der Waals surface area contributed by atoms with Crippen molar-refractivity contribution in [2.75, 3.05) is 11.5 Å². The van der Waals surface area contributed by atoms with Crippen LogP contribution in [0.25, 0.3) is 5.76 Å². The Balaban J connectivity index is 1.36. The summed E-state index contributed by atoms with van der Waals surface area (Å²) in [5.41, 5.74) is 3.06.